The van der Waals surface area contributed by atoms with Gasteiger partial charge in [-0.2, -0.15) is 0 Å². The van der Waals surface area contributed by atoms with Gasteiger partial charge in [0.15, 0.2) is 8.32 Å². The van der Waals surface area contributed by atoms with Crippen LogP contribution in [-0.2, 0) is 23.5 Å². The third-order valence-electron chi connectivity index (χ3n) is 5.45. The summed E-state index contributed by atoms with van der Waals surface area (Å²) >= 11 is 0. The number of esters is 1. The second kappa shape index (κ2) is 8.64. The molecule has 1 aliphatic rings. The Morgan fingerprint density at radius 1 is 1.08 bits per heavy atom. The number of ether oxygens (including phenoxy) is 2. The first-order valence-corrected chi connectivity index (χ1v) is 11.8. The largest absolute Gasteiger partial charge is 0.460 e. The number of methoxy groups -OCH3 is 1. The quantitative estimate of drug-likeness (QED) is 0.307. The highest BCUT2D eigenvalue weighted by Gasteiger charge is 2.48. The molecule has 7 heteroatoms. The maximum Gasteiger partial charge on any atom is 0.302 e. The van der Waals surface area contributed by atoms with Gasteiger partial charge < -0.3 is 18.7 Å². The van der Waals surface area contributed by atoms with Crippen molar-refractivity contribution in [3.05, 3.63) is 0 Å². The van der Waals surface area contributed by atoms with Gasteiger partial charge >= 0.3 is 5.97 Å². The lowest BCUT2D eigenvalue weighted by Gasteiger charge is -2.47. The molecular weight excluding hydrogens is 338 g/mol. The van der Waals surface area contributed by atoms with E-state index in [4.69, 9.17) is 18.7 Å². The van der Waals surface area contributed by atoms with Crippen LogP contribution in [0.25, 0.3) is 0 Å². The first-order valence-electron chi connectivity index (χ1n) is 8.90. The minimum absolute atomic E-state index is 0.0503. The van der Waals surface area contributed by atoms with E-state index in [9.17, 15) is 4.79 Å². The molecule has 1 aliphatic carbocycles. The Bertz CT molecular complexity index is 486. The maximum absolute atomic E-state index is 11.6. The highest BCUT2D eigenvalue weighted by molar-refractivity contribution is 6.74. The van der Waals surface area contributed by atoms with Gasteiger partial charge in [-0.25, -0.2) is 0 Å². The average Bonchev–Trinajstić information content (AvgIpc) is 2.46. The molecule has 6 nitrogen and oxygen atoms in total. The Balaban J connectivity index is 3.18. The van der Waals surface area contributed by atoms with Crippen molar-refractivity contribution in [2.45, 2.75) is 83.9 Å². The first kappa shape index (κ1) is 22.1. The fraction of sp³-hybridized carbons (Fsp3) is 0.889. The fourth-order valence-corrected chi connectivity index (χ4v) is 4.39. The molecule has 0 spiro atoms. The van der Waals surface area contributed by atoms with Gasteiger partial charge in [-0.1, -0.05) is 25.9 Å². The van der Waals surface area contributed by atoms with Gasteiger partial charge in [0.2, 0.25) is 0 Å². The van der Waals surface area contributed by atoms with E-state index in [1.165, 1.54) is 6.92 Å². The van der Waals surface area contributed by atoms with E-state index in [1.807, 2.05) is 6.92 Å². The number of rotatable bonds is 6. The molecule has 0 aromatic carbocycles. The molecule has 0 amide bonds. The van der Waals surface area contributed by atoms with Crippen molar-refractivity contribution in [3.63, 3.8) is 0 Å². The first-order chi connectivity index (χ1) is 11.4. The van der Waals surface area contributed by atoms with E-state index in [2.05, 4.69) is 39.0 Å². The molecule has 0 unspecified atom stereocenters. The topological polar surface area (TPSA) is 66.4 Å². The number of nitrogens with zero attached hydrogens (tertiary/aromatic N) is 1. The molecule has 1 saturated carbocycles. The van der Waals surface area contributed by atoms with Crippen LogP contribution in [0.1, 0.15) is 47.5 Å². The van der Waals surface area contributed by atoms with E-state index < -0.39 is 8.32 Å². The number of hydrogen-bond acceptors (Lipinski definition) is 6. The number of carbonyl (C=O) groups excluding carboxylic acids is 1. The van der Waals surface area contributed by atoms with E-state index in [0.29, 0.717) is 0 Å². The number of hydrogen-bond donors (Lipinski definition) is 0. The van der Waals surface area contributed by atoms with Gasteiger partial charge in [-0.05, 0) is 37.9 Å². The molecule has 0 aliphatic heterocycles. The van der Waals surface area contributed by atoms with Crippen LogP contribution in [-0.4, -0.2) is 52.5 Å². The van der Waals surface area contributed by atoms with Gasteiger partial charge in [0.05, 0.1) is 11.8 Å². The van der Waals surface area contributed by atoms with Gasteiger partial charge in [-0.15, -0.1) is 0 Å². The van der Waals surface area contributed by atoms with E-state index in [0.717, 1.165) is 18.6 Å². The smallest absolute Gasteiger partial charge is 0.302 e. The van der Waals surface area contributed by atoms with Crippen LogP contribution in [0.15, 0.2) is 5.16 Å². The summed E-state index contributed by atoms with van der Waals surface area (Å²) in [5, 5.41) is 4.15. The molecule has 0 heterocycles. The van der Waals surface area contributed by atoms with Crippen molar-refractivity contribution < 1.29 is 23.5 Å². The molecule has 0 saturated heterocycles. The van der Waals surface area contributed by atoms with Crippen LogP contribution in [0.3, 0.4) is 0 Å². The standard InChI is InChI=1S/C18H35NO5Si/c1-12(19-22-7)14-10-11-15(23-13(2)20)17(16(14)21-6)24-25(8,9)18(3,4)5/h14-17H,10-11H2,1-9H3/b19-12+/t14-,15+,16-,17-/m0/s1. The lowest BCUT2D eigenvalue weighted by molar-refractivity contribution is -0.165. The van der Waals surface area contributed by atoms with Crippen LogP contribution in [0.5, 0.6) is 0 Å². The third-order valence-corrected chi connectivity index (χ3v) is 9.92. The minimum atomic E-state index is -2.07. The fourth-order valence-electron chi connectivity index (χ4n) is 3.07. The van der Waals surface area contributed by atoms with Crippen molar-refractivity contribution in [2.75, 3.05) is 14.2 Å². The van der Waals surface area contributed by atoms with E-state index in [1.54, 1.807) is 14.2 Å². The van der Waals surface area contributed by atoms with Crippen molar-refractivity contribution in [1.82, 2.24) is 0 Å². The average molecular weight is 374 g/mol. The van der Waals surface area contributed by atoms with Crippen molar-refractivity contribution in [2.24, 2.45) is 11.1 Å². The molecule has 0 aromatic rings. The molecule has 0 radical (unpaired) electrons. The lowest BCUT2D eigenvalue weighted by Crippen LogP contribution is -2.57. The second-order valence-electron chi connectivity index (χ2n) is 8.29. The summed E-state index contributed by atoms with van der Waals surface area (Å²) in [6, 6.07) is 0. The van der Waals surface area contributed by atoms with E-state index in [-0.39, 0.29) is 35.2 Å². The zero-order valence-corrected chi connectivity index (χ0v) is 18.2. The Kier molecular flexibility index (Phi) is 7.65. The monoisotopic (exact) mass is 373 g/mol. The van der Waals surface area contributed by atoms with Gasteiger partial charge in [0, 0.05) is 20.0 Å². The molecule has 0 aromatic heterocycles. The molecule has 0 N–H and O–H groups in total. The summed E-state index contributed by atoms with van der Waals surface area (Å²) in [4.78, 5) is 16.5. The van der Waals surface area contributed by atoms with Crippen LogP contribution < -0.4 is 0 Å². The van der Waals surface area contributed by atoms with E-state index >= 15 is 0 Å². The summed E-state index contributed by atoms with van der Waals surface area (Å²) in [7, 11) is 1.15. The lowest BCUT2D eigenvalue weighted by atomic mass is 9.80. The Hall–Kier alpha value is -0.923. The predicted octanol–water partition coefficient (Wildman–Crippen LogP) is 3.76. The van der Waals surface area contributed by atoms with Crippen molar-refractivity contribution >= 4 is 20.0 Å². The Morgan fingerprint density at radius 2 is 1.68 bits per heavy atom. The van der Waals surface area contributed by atoms with Crippen molar-refractivity contribution in [3.8, 4) is 0 Å². The van der Waals surface area contributed by atoms with Gasteiger partial charge in [-0.3, -0.25) is 4.79 Å². The summed E-state index contributed by atoms with van der Waals surface area (Å²) in [5.74, 6) is -0.212. The van der Waals surface area contributed by atoms with Crippen LogP contribution in [0.2, 0.25) is 18.1 Å². The molecule has 146 valence electrons. The molecule has 1 rings (SSSR count). The van der Waals surface area contributed by atoms with Gasteiger partial charge in [0.25, 0.3) is 0 Å². The van der Waals surface area contributed by atoms with Crippen LogP contribution in [0, 0.1) is 5.92 Å². The summed E-state index contributed by atoms with van der Waals surface area (Å²) in [6.45, 7) is 14.4. The SMILES string of the molecule is CO/N=C(\C)[C@@H]1CC[C@@H](OC(C)=O)[C@H](O[Si](C)(C)C(C)(C)C)[C@H]1OC. The minimum Gasteiger partial charge on any atom is -0.460 e. The predicted molar refractivity (Wildman–Crippen MR) is 101 cm³/mol. The second-order valence-corrected chi connectivity index (χ2v) is 13.0. The summed E-state index contributed by atoms with van der Waals surface area (Å²) in [5.41, 5.74) is 0.874. The summed E-state index contributed by atoms with van der Waals surface area (Å²) in [6.07, 6.45) is 0.691. The van der Waals surface area contributed by atoms with Crippen molar-refractivity contribution in [1.29, 1.82) is 0 Å². The Labute approximate surface area is 153 Å². The molecular formula is C18H35NO5Si. The molecule has 4 atom stereocenters. The number of carbonyl (C=O) groups is 1. The highest BCUT2D eigenvalue weighted by atomic mass is 28.4. The normalized spacial score (nSPS) is 28.6. The zero-order valence-electron chi connectivity index (χ0n) is 17.2. The summed E-state index contributed by atoms with van der Waals surface area (Å²) < 4.78 is 18.1. The van der Waals surface area contributed by atoms with Gasteiger partial charge in [0.1, 0.15) is 19.3 Å². The van der Waals surface area contributed by atoms with Crippen LogP contribution in [0.4, 0.5) is 0 Å². The number of oxime groups is 1. The highest BCUT2D eigenvalue weighted by Crippen LogP contribution is 2.41. The molecule has 25 heavy (non-hydrogen) atoms. The van der Waals surface area contributed by atoms with Crippen LogP contribution >= 0.6 is 0 Å². The zero-order chi connectivity index (χ0) is 19.4. The third kappa shape index (κ3) is 5.52. The molecule has 1 fully saturated rings. The Morgan fingerprint density at radius 3 is 2.12 bits per heavy atom. The maximum atomic E-state index is 11.6. The molecule has 0 bridgehead atoms.